The van der Waals surface area contributed by atoms with Crippen LogP contribution in [0.5, 0.6) is 0 Å². The highest BCUT2D eigenvalue weighted by Gasteiger charge is 2.32. The molecule has 1 amide bonds. The molecule has 0 aliphatic carbocycles. The number of carbonyl (C=O) groups excluding carboxylic acids is 1. The van der Waals surface area contributed by atoms with Crippen LogP contribution in [-0.4, -0.2) is 62.3 Å². The molecule has 1 saturated heterocycles. The van der Waals surface area contributed by atoms with Gasteiger partial charge in [0, 0.05) is 26.2 Å². The lowest BCUT2D eigenvalue weighted by Gasteiger charge is -2.37. The fourth-order valence-corrected chi connectivity index (χ4v) is 3.56. The normalized spacial score (nSPS) is 15.8. The molecule has 0 N–H and O–H groups in total. The van der Waals surface area contributed by atoms with Crippen molar-refractivity contribution >= 4 is 6.09 Å². The third-order valence-electron chi connectivity index (χ3n) is 5.12. The second-order valence-electron chi connectivity index (χ2n) is 7.12. The average molecular weight is 428 g/mol. The van der Waals surface area contributed by atoms with Crippen LogP contribution in [0.25, 0.3) is 0 Å². The van der Waals surface area contributed by atoms with Crippen molar-refractivity contribution in [3.8, 4) is 0 Å². The fourth-order valence-electron chi connectivity index (χ4n) is 3.56. The Balaban J connectivity index is 1.42. The Labute approximate surface area is 178 Å². The number of halogens is 2. The van der Waals surface area contributed by atoms with Gasteiger partial charge < -0.3 is 9.64 Å². The zero-order valence-electron chi connectivity index (χ0n) is 16.7. The summed E-state index contributed by atoms with van der Waals surface area (Å²) in [6, 6.07) is 18.5. The van der Waals surface area contributed by atoms with Crippen molar-refractivity contribution in [1.82, 2.24) is 30.0 Å². The van der Waals surface area contributed by atoms with Crippen LogP contribution in [0.4, 0.5) is 13.6 Å². The van der Waals surface area contributed by atoms with E-state index in [0.717, 1.165) is 11.1 Å². The summed E-state index contributed by atoms with van der Waals surface area (Å²) in [6.45, 7) is -0.714. The van der Waals surface area contributed by atoms with Gasteiger partial charge in [-0.25, -0.2) is 4.79 Å². The largest absolute Gasteiger partial charge is 0.445 e. The molecule has 3 aromatic rings. The van der Waals surface area contributed by atoms with Gasteiger partial charge in [-0.1, -0.05) is 65.5 Å². The van der Waals surface area contributed by atoms with Crippen LogP contribution < -0.4 is 0 Å². The quantitative estimate of drug-likeness (QED) is 0.601. The minimum absolute atomic E-state index is 0.201. The van der Waals surface area contributed by atoms with Gasteiger partial charge in [0.2, 0.25) is 0 Å². The number of amides is 1. The standard InChI is InChI=1S/C21H22F2N6O2/c22-20(23)29-25-19(24-26-29)18(17-9-5-2-6-10-17)27-11-13-28(14-12-27)21(30)31-15-16-7-3-1-4-8-16/h1-10,18,20H,11-15H2/t18-/m0/s1. The minimum atomic E-state index is -2.85. The minimum Gasteiger partial charge on any atom is -0.445 e. The highest BCUT2D eigenvalue weighted by Crippen LogP contribution is 2.27. The molecule has 8 nitrogen and oxygen atoms in total. The molecule has 1 aliphatic heterocycles. The van der Waals surface area contributed by atoms with Crippen LogP contribution in [-0.2, 0) is 11.3 Å². The second-order valence-corrected chi connectivity index (χ2v) is 7.12. The van der Waals surface area contributed by atoms with Crippen molar-refractivity contribution in [2.45, 2.75) is 19.2 Å². The number of alkyl halides is 2. The van der Waals surface area contributed by atoms with Crippen LogP contribution in [0.1, 0.15) is 29.5 Å². The highest BCUT2D eigenvalue weighted by molar-refractivity contribution is 5.67. The number of hydrogen-bond acceptors (Lipinski definition) is 6. The number of piperazine rings is 1. The molecule has 1 atom stereocenters. The molecule has 0 saturated carbocycles. The van der Waals surface area contributed by atoms with E-state index in [4.69, 9.17) is 4.74 Å². The van der Waals surface area contributed by atoms with E-state index in [-0.39, 0.29) is 18.5 Å². The predicted octanol–water partition coefficient (Wildman–Crippen LogP) is 3.11. The van der Waals surface area contributed by atoms with Crippen LogP contribution in [0, 0.1) is 0 Å². The fraction of sp³-hybridized carbons (Fsp3) is 0.333. The summed E-state index contributed by atoms with van der Waals surface area (Å²) >= 11 is 0. The monoisotopic (exact) mass is 428 g/mol. The summed E-state index contributed by atoms with van der Waals surface area (Å²) in [5, 5.41) is 11.2. The van der Waals surface area contributed by atoms with Crippen molar-refractivity contribution in [1.29, 1.82) is 0 Å². The third-order valence-corrected chi connectivity index (χ3v) is 5.12. The second kappa shape index (κ2) is 9.61. The van der Waals surface area contributed by atoms with Crippen molar-refractivity contribution in [2.75, 3.05) is 26.2 Å². The Hall–Kier alpha value is -3.40. The van der Waals surface area contributed by atoms with Gasteiger partial charge in [-0.05, 0) is 16.3 Å². The van der Waals surface area contributed by atoms with E-state index in [9.17, 15) is 13.6 Å². The first-order valence-corrected chi connectivity index (χ1v) is 9.94. The van der Waals surface area contributed by atoms with E-state index in [1.807, 2.05) is 60.7 Å². The number of ether oxygens (including phenoxy) is 1. The van der Waals surface area contributed by atoms with Crippen molar-refractivity contribution in [3.63, 3.8) is 0 Å². The SMILES string of the molecule is O=C(OCc1ccccc1)N1CCN([C@@H](c2ccccc2)c2nnn(C(F)F)n2)CC1. The first kappa shape index (κ1) is 20.9. The summed E-state index contributed by atoms with van der Waals surface area (Å²) in [4.78, 5) is 16.4. The van der Waals surface area contributed by atoms with Gasteiger partial charge in [0.15, 0.2) is 5.82 Å². The Morgan fingerprint density at radius 2 is 1.61 bits per heavy atom. The van der Waals surface area contributed by atoms with Gasteiger partial charge >= 0.3 is 12.6 Å². The number of benzene rings is 2. The van der Waals surface area contributed by atoms with E-state index in [0.29, 0.717) is 31.0 Å². The van der Waals surface area contributed by atoms with Gasteiger partial charge in [-0.2, -0.15) is 8.78 Å². The molecule has 1 aliphatic rings. The zero-order chi connectivity index (χ0) is 21.6. The van der Waals surface area contributed by atoms with E-state index >= 15 is 0 Å². The average Bonchev–Trinajstić information content (AvgIpc) is 3.30. The molecule has 0 unspecified atom stereocenters. The van der Waals surface area contributed by atoms with Crippen LogP contribution >= 0.6 is 0 Å². The van der Waals surface area contributed by atoms with E-state index in [1.165, 1.54) is 0 Å². The lowest BCUT2D eigenvalue weighted by molar-refractivity contribution is 0.0384. The van der Waals surface area contributed by atoms with Crippen molar-refractivity contribution < 1.29 is 18.3 Å². The molecule has 10 heteroatoms. The maximum absolute atomic E-state index is 13.0. The molecule has 162 valence electrons. The van der Waals surface area contributed by atoms with Crippen LogP contribution in [0.15, 0.2) is 60.7 Å². The van der Waals surface area contributed by atoms with Gasteiger partial charge in [-0.15, -0.1) is 10.2 Å². The van der Waals surface area contributed by atoms with Crippen LogP contribution in [0.3, 0.4) is 0 Å². The number of hydrogen-bond donors (Lipinski definition) is 0. The molecule has 0 radical (unpaired) electrons. The Morgan fingerprint density at radius 1 is 0.968 bits per heavy atom. The molecule has 1 aromatic heterocycles. The van der Waals surface area contributed by atoms with Crippen molar-refractivity contribution in [3.05, 3.63) is 77.6 Å². The zero-order valence-corrected chi connectivity index (χ0v) is 16.7. The molecule has 0 spiro atoms. The summed E-state index contributed by atoms with van der Waals surface area (Å²) in [5.41, 5.74) is 1.79. The number of carbonyl (C=O) groups is 1. The van der Waals surface area contributed by atoms with E-state index in [2.05, 4.69) is 20.3 Å². The molecule has 2 aromatic carbocycles. The van der Waals surface area contributed by atoms with Gasteiger partial charge in [0.1, 0.15) is 6.61 Å². The summed E-state index contributed by atoms with van der Waals surface area (Å²) in [7, 11) is 0. The predicted molar refractivity (Wildman–Crippen MR) is 107 cm³/mol. The maximum atomic E-state index is 13.0. The van der Waals surface area contributed by atoms with Gasteiger partial charge in [0.25, 0.3) is 0 Å². The Bertz CT molecular complexity index is 978. The maximum Gasteiger partial charge on any atom is 0.410 e. The molecule has 2 heterocycles. The van der Waals surface area contributed by atoms with Gasteiger partial charge in [0.05, 0.1) is 6.04 Å². The Morgan fingerprint density at radius 3 is 2.23 bits per heavy atom. The van der Waals surface area contributed by atoms with Crippen LogP contribution in [0.2, 0.25) is 0 Å². The molecule has 1 fully saturated rings. The first-order valence-electron chi connectivity index (χ1n) is 9.94. The first-order chi connectivity index (χ1) is 15.1. The van der Waals surface area contributed by atoms with E-state index in [1.54, 1.807) is 4.90 Å². The summed E-state index contributed by atoms with van der Waals surface area (Å²) < 4.78 is 31.3. The van der Waals surface area contributed by atoms with Crippen molar-refractivity contribution in [2.24, 2.45) is 0 Å². The lowest BCUT2D eigenvalue weighted by Crippen LogP contribution is -2.50. The third kappa shape index (κ3) is 5.02. The Kier molecular flexibility index (Phi) is 6.46. The molecular weight excluding hydrogens is 406 g/mol. The lowest BCUT2D eigenvalue weighted by atomic mass is 10.0. The van der Waals surface area contributed by atoms with E-state index < -0.39 is 12.6 Å². The molecule has 4 rings (SSSR count). The number of rotatable bonds is 6. The summed E-state index contributed by atoms with van der Waals surface area (Å²) in [5.74, 6) is 0.201. The molecular formula is C21H22F2N6O2. The summed E-state index contributed by atoms with van der Waals surface area (Å²) in [6.07, 6.45) is -0.374. The topological polar surface area (TPSA) is 76.4 Å². The molecule has 31 heavy (non-hydrogen) atoms. The molecule has 0 bridgehead atoms. The number of aromatic nitrogens is 4. The van der Waals surface area contributed by atoms with Gasteiger partial charge in [-0.3, -0.25) is 4.90 Å². The number of nitrogens with zero attached hydrogens (tertiary/aromatic N) is 6. The smallest absolute Gasteiger partial charge is 0.410 e. The highest BCUT2D eigenvalue weighted by atomic mass is 19.3. The number of tetrazole rings is 1.